The van der Waals surface area contributed by atoms with E-state index < -0.39 is 0 Å². The minimum Gasteiger partial charge on any atom is -0.482 e. The summed E-state index contributed by atoms with van der Waals surface area (Å²) in [5, 5.41) is 0. The van der Waals surface area contributed by atoms with E-state index in [9.17, 15) is 4.79 Å². The van der Waals surface area contributed by atoms with Crippen LogP contribution in [0.4, 0.5) is 5.69 Å². The highest BCUT2D eigenvalue weighted by Gasteiger charge is 2.24. The molecule has 0 saturated carbocycles. The summed E-state index contributed by atoms with van der Waals surface area (Å²) >= 11 is 2.26. The van der Waals surface area contributed by atoms with Gasteiger partial charge in [-0.1, -0.05) is 26.2 Å². The molecule has 3 nitrogen and oxygen atoms in total. The van der Waals surface area contributed by atoms with E-state index in [1.165, 1.54) is 19.3 Å². The second-order valence-electron chi connectivity index (χ2n) is 4.51. The molecule has 0 spiro atoms. The van der Waals surface area contributed by atoms with E-state index in [-0.39, 0.29) is 12.5 Å². The second kappa shape index (κ2) is 6.41. The lowest BCUT2D eigenvalue weighted by atomic mass is 10.1. The first-order chi connectivity index (χ1) is 8.72. The Morgan fingerprint density at radius 1 is 1.33 bits per heavy atom. The zero-order valence-electron chi connectivity index (χ0n) is 10.6. The van der Waals surface area contributed by atoms with E-state index in [1.807, 2.05) is 23.1 Å². The number of nitrogens with zero attached hydrogens (tertiary/aromatic N) is 1. The molecule has 0 unspecified atom stereocenters. The van der Waals surface area contributed by atoms with E-state index >= 15 is 0 Å². The molecule has 0 N–H and O–H groups in total. The fourth-order valence-electron chi connectivity index (χ4n) is 2.12. The molecule has 1 aromatic carbocycles. The van der Waals surface area contributed by atoms with Crippen LogP contribution in [0.3, 0.4) is 0 Å². The lowest BCUT2D eigenvalue weighted by molar-refractivity contribution is -0.121. The molecular formula is C14H18INO2. The largest absolute Gasteiger partial charge is 0.482 e. The lowest BCUT2D eigenvalue weighted by Crippen LogP contribution is -2.39. The van der Waals surface area contributed by atoms with Gasteiger partial charge in [0.1, 0.15) is 5.75 Å². The molecular weight excluding hydrogens is 341 g/mol. The zero-order chi connectivity index (χ0) is 13.0. The summed E-state index contributed by atoms with van der Waals surface area (Å²) < 4.78 is 6.58. The average Bonchev–Trinajstić information content (AvgIpc) is 2.36. The third-order valence-electron chi connectivity index (χ3n) is 3.10. The number of rotatable bonds is 5. The van der Waals surface area contributed by atoms with Crippen molar-refractivity contribution in [2.24, 2.45) is 0 Å². The quantitative estimate of drug-likeness (QED) is 0.594. The number of carbonyl (C=O) groups is 1. The van der Waals surface area contributed by atoms with Gasteiger partial charge in [0.2, 0.25) is 0 Å². The van der Waals surface area contributed by atoms with Crippen molar-refractivity contribution in [1.29, 1.82) is 0 Å². The Morgan fingerprint density at radius 3 is 2.94 bits per heavy atom. The monoisotopic (exact) mass is 359 g/mol. The fraction of sp³-hybridized carbons (Fsp3) is 0.500. The number of fused-ring (bicyclic) bond motifs is 1. The van der Waals surface area contributed by atoms with Gasteiger partial charge < -0.3 is 9.64 Å². The highest BCUT2D eigenvalue weighted by molar-refractivity contribution is 14.1. The molecule has 0 radical (unpaired) electrons. The van der Waals surface area contributed by atoms with E-state index in [0.717, 1.165) is 28.0 Å². The van der Waals surface area contributed by atoms with Gasteiger partial charge in [-0.15, -0.1) is 0 Å². The molecule has 1 aliphatic rings. The number of amides is 1. The van der Waals surface area contributed by atoms with Gasteiger partial charge in [0.05, 0.1) is 5.69 Å². The van der Waals surface area contributed by atoms with Crippen molar-refractivity contribution in [3.05, 3.63) is 21.8 Å². The van der Waals surface area contributed by atoms with Gasteiger partial charge in [-0.25, -0.2) is 0 Å². The van der Waals surface area contributed by atoms with Crippen molar-refractivity contribution in [1.82, 2.24) is 0 Å². The van der Waals surface area contributed by atoms with Crippen molar-refractivity contribution >= 4 is 34.2 Å². The van der Waals surface area contributed by atoms with Crippen LogP contribution in [0.15, 0.2) is 18.2 Å². The number of hydrogen-bond donors (Lipinski definition) is 0. The molecule has 1 aromatic rings. The Morgan fingerprint density at radius 2 is 2.17 bits per heavy atom. The number of ether oxygens (including phenoxy) is 1. The van der Waals surface area contributed by atoms with Gasteiger partial charge in [0.25, 0.3) is 5.91 Å². The topological polar surface area (TPSA) is 29.5 Å². The number of benzene rings is 1. The summed E-state index contributed by atoms with van der Waals surface area (Å²) in [4.78, 5) is 13.8. The van der Waals surface area contributed by atoms with Crippen LogP contribution in [-0.4, -0.2) is 19.1 Å². The van der Waals surface area contributed by atoms with Crippen LogP contribution in [0, 0.1) is 3.57 Å². The van der Waals surface area contributed by atoms with Gasteiger partial charge >= 0.3 is 0 Å². The summed E-state index contributed by atoms with van der Waals surface area (Å²) in [7, 11) is 0. The molecule has 0 saturated heterocycles. The average molecular weight is 359 g/mol. The molecule has 1 amide bonds. The smallest absolute Gasteiger partial charge is 0.265 e. The predicted octanol–water partition coefficient (Wildman–Crippen LogP) is 3.60. The third kappa shape index (κ3) is 3.16. The number of unbranched alkanes of at least 4 members (excludes halogenated alkanes) is 3. The van der Waals surface area contributed by atoms with Crippen LogP contribution in [0.5, 0.6) is 5.75 Å². The van der Waals surface area contributed by atoms with Crippen molar-refractivity contribution in [3.63, 3.8) is 0 Å². The highest BCUT2D eigenvalue weighted by Crippen LogP contribution is 2.33. The van der Waals surface area contributed by atoms with E-state index in [2.05, 4.69) is 29.5 Å². The number of anilines is 1. The number of halogens is 1. The van der Waals surface area contributed by atoms with Crippen LogP contribution >= 0.6 is 22.6 Å². The van der Waals surface area contributed by atoms with Gasteiger partial charge in [0, 0.05) is 10.1 Å². The first kappa shape index (κ1) is 13.6. The molecule has 0 atom stereocenters. The SMILES string of the molecule is CCCCCCN1C(=O)COc2ccc(I)cc21. The molecule has 4 heteroatoms. The first-order valence-electron chi connectivity index (χ1n) is 6.45. The van der Waals surface area contributed by atoms with Crippen LogP contribution in [0.2, 0.25) is 0 Å². The minimum atomic E-state index is 0.0704. The zero-order valence-corrected chi connectivity index (χ0v) is 12.8. The maximum Gasteiger partial charge on any atom is 0.265 e. The van der Waals surface area contributed by atoms with Crippen LogP contribution < -0.4 is 9.64 Å². The molecule has 0 fully saturated rings. The van der Waals surface area contributed by atoms with E-state index in [1.54, 1.807) is 0 Å². The molecule has 0 bridgehead atoms. The van der Waals surface area contributed by atoms with Gasteiger partial charge in [-0.2, -0.15) is 0 Å². The molecule has 98 valence electrons. The summed E-state index contributed by atoms with van der Waals surface area (Å²) in [6, 6.07) is 5.97. The second-order valence-corrected chi connectivity index (χ2v) is 5.75. The fourth-order valence-corrected chi connectivity index (χ4v) is 2.59. The van der Waals surface area contributed by atoms with Crippen molar-refractivity contribution < 1.29 is 9.53 Å². The van der Waals surface area contributed by atoms with Gasteiger partial charge in [-0.05, 0) is 47.2 Å². The molecule has 2 rings (SSSR count). The maximum absolute atomic E-state index is 11.9. The molecule has 0 aromatic heterocycles. The van der Waals surface area contributed by atoms with Crippen molar-refractivity contribution in [2.45, 2.75) is 32.6 Å². The Bertz CT molecular complexity index is 434. The van der Waals surface area contributed by atoms with E-state index in [4.69, 9.17) is 4.74 Å². The normalized spacial score (nSPS) is 14.3. The summed E-state index contributed by atoms with van der Waals surface area (Å²) in [6.07, 6.45) is 4.69. The van der Waals surface area contributed by atoms with E-state index in [0.29, 0.717) is 0 Å². The highest BCUT2D eigenvalue weighted by atomic mass is 127. The van der Waals surface area contributed by atoms with Crippen molar-refractivity contribution in [3.8, 4) is 5.75 Å². The number of hydrogen-bond acceptors (Lipinski definition) is 2. The Hall–Kier alpha value is -0.780. The Labute approximate surface area is 122 Å². The summed E-state index contributed by atoms with van der Waals surface area (Å²) in [6.45, 7) is 3.16. The van der Waals surface area contributed by atoms with Crippen LogP contribution in [0.1, 0.15) is 32.6 Å². The van der Waals surface area contributed by atoms with Crippen LogP contribution in [-0.2, 0) is 4.79 Å². The Balaban J connectivity index is 2.09. The minimum absolute atomic E-state index is 0.0704. The predicted molar refractivity (Wildman–Crippen MR) is 81.1 cm³/mol. The van der Waals surface area contributed by atoms with Crippen molar-refractivity contribution in [2.75, 3.05) is 18.1 Å². The standard InChI is InChI=1S/C14H18INO2/c1-2-3-4-5-8-16-12-9-11(15)6-7-13(12)18-10-14(16)17/h6-7,9H,2-5,8,10H2,1H3. The molecule has 1 heterocycles. The lowest BCUT2D eigenvalue weighted by Gasteiger charge is -2.29. The maximum atomic E-state index is 11.9. The molecule has 18 heavy (non-hydrogen) atoms. The summed E-state index contributed by atoms with van der Waals surface area (Å²) in [5.74, 6) is 0.895. The third-order valence-corrected chi connectivity index (χ3v) is 3.77. The Kier molecular flexibility index (Phi) is 4.86. The van der Waals surface area contributed by atoms with Gasteiger partial charge in [0.15, 0.2) is 6.61 Å². The number of carbonyl (C=O) groups excluding carboxylic acids is 1. The van der Waals surface area contributed by atoms with Crippen LogP contribution in [0.25, 0.3) is 0 Å². The molecule has 0 aliphatic carbocycles. The first-order valence-corrected chi connectivity index (χ1v) is 7.53. The van der Waals surface area contributed by atoms with Gasteiger partial charge in [-0.3, -0.25) is 4.79 Å². The summed E-state index contributed by atoms with van der Waals surface area (Å²) in [5.41, 5.74) is 0.926. The molecule has 1 aliphatic heterocycles.